The predicted octanol–water partition coefficient (Wildman–Crippen LogP) is 3.28. The molecule has 0 bridgehead atoms. The van der Waals surface area contributed by atoms with Crippen molar-refractivity contribution in [3.63, 3.8) is 0 Å². The zero-order valence-corrected chi connectivity index (χ0v) is 13.5. The van der Waals surface area contributed by atoms with E-state index < -0.39 is 0 Å². The Morgan fingerprint density at radius 3 is 2.52 bits per heavy atom. The molecule has 3 nitrogen and oxygen atoms in total. The Hall–Kier alpha value is -1.35. The maximum atomic E-state index is 12.0. The topological polar surface area (TPSA) is 55.1 Å². The molecular weight excluding hydrogens is 260 g/mol. The van der Waals surface area contributed by atoms with Gasteiger partial charge in [-0.05, 0) is 44.2 Å². The molecule has 0 spiro atoms. The number of hydrogen-bond acceptors (Lipinski definition) is 2. The SMILES string of the molecule is CCCC(CCN)CCC(=O)NC(C)Cc1ccccc1. The van der Waals surface area contributed by atoms with Crippen LogP contribution in [0.1, 0.15) is 51.5 Å². The standard InChI is InChI=1S/C18H30N2O/c1-3-7-16(12-13-19)10-11-18(21)20-15(2)14-17-8-5-4-6-9-17/h4-6,8-9,15-16H,3,7,10-14,19H2,1-2H3,(H,20,21). The maximum absolute atomic E-state index is 12.0. The van der Waals surface area contributed by atoms with E-state index in [-0.39, 0.29) is 11.9 Å². The molecule has 0 aromatic heterocycles. The van der Waals surface area contributed by atoms with Crippen LogP contribution in [0.3, 0.4) is 0 Å². The minimum absolute atomic E-state index is 0.163. The van der Waals surface area contributed by atoms with Crippen LogP contribution in [-0.4, -0.2) is 18.5 Å². The molecule has 2 atom stereocenters. The molecule has 0 aliphatic heterocycles. The molecule has 0 aliphatic rings. The van der Waals surface area contributed by atoms with Crippen molar-refractivity contribution < 1.29 is 4.79 Å². The van der Waals surface area contributed by atoms with E-state index in [1.807, 2.05) is 18.2 Å². The van der Waals surface area contributed by atoms with Crippen LogP contribution in [0.5, 0.6) is 0 Å². The fraction of sp³-hybridized carbons (Fsp3) is 0.611. The van der Waals surface area contributed by atoms with Gasteiger partial charge in [-0.3, -0.25) is 4.79 Å². The van der Waals surface area contributed by atoms with Gasteiger partial charge in [0.2, 0.25) is 5.91 Å². The second kappa shape index (κ2) is 10.4. The van der Waals surface area contributed by atoms with Crippen LogP contribution >= 0.6 is 0 Å². The van der Waals surface area contributed by atoms with Gasteiger partial charge in [0.05, 0.1) is 0 Å². The highest BCUT2D eigenvalue weighted by Crippen LogP contribution is 2.16. The number of carbonyl (C=O) groups excluding carboxylic acids is 1. The summed E-state index contributed by atoms with van der Waals surface area (Å²) < 4.78 is 0. The van der Waals surface area contributed by atoms with E-state index >= 15 is 0 Å². The molecule has 118 valence electrons. The highest BCUT2D eigenvalue weighted by molar-refractivity contribution is 5.76. The number of carbonyl (C=O) groups is 1. The van der Waals surface area contributed by atoms with Gasteiger partial charge >= 0.3 is 0 Å². The Kier molecular flexibility index (Phi) is 8.76. The smallest absolute Gasteiger partial charge is 0.220 e. The third-order valence-electron chi connectivity index (χ3n) is 3.84. The van der Waals surface area contributed by atoms with Crippen LogP contribution in [0.2, 0.25) is 0 Å². The first-order valence-electron chi connectivity index (χ1n) is 8.19. The number of nitrogens with one attached hydrogen (secondary N) is 1. The van der Waals surface area contributed by atoms with E-state index in [4.69, 9.17) is 5.73 Å². The van der Waals surface area contributed by atoms with Gasteiger partial charge in [0.1, 0.15) is 0 Å². The summed E-state index contributed by atoms with van der Waals surface area (Å²) in [5.74, 6) is 0.756. The average molecular weight is 290 g/mol. The summed E-state index contributed by atoms with van der Waals surface area (Å²) in [6, 6.07) is 10.5. The molecule has 1 rings (SSSR count). The summed E-state index contributed by atoms with van der Waals surface area (Å²) in [6.07, 6.45) is 5.81. The quantitative estimate of drug-likeness (QED) is 0.695. The third-order valence-corrected chi connectivity index (χ3v) is 3.84. The average Bonchev–Trinajstić information content (AvgIpc) is 2.46. The van der Waals surface area contributed by atoms with E-state index in [1.165, 1.54) is 12.0 Å². The van der Waals surface area contributed by atoms with Crippen molar-refractivity contribution in [2.24, 2.45) is 11.7 Å². The summed E-state index contributed by atoms with van der Waals surface area (Å²) in [6.45, 7) is 4.97. The summed E-state index contributed by atoms with van der Waals surface area (Å²) in [7, 11) is 0. The van der Waals surface area contributed by atoms with Gasteiger partial charge in [0.25, 0.3) is 0 Å². The van der Waals surface area contributed by atoms with Crippen molar-refractivity contribution in [2.45, 2.75) is 58.4 Å². The van der Waals surface area contributed by atoms with Crippen molar-refractivity contribution in [3.8, 4) is 0 Å². The molecule has 1 amide bonds. The van der Waals surface area contributed by atoms with Gasteiger partial charge in [-0.2, -0.15) is 0 Å². The predicted molar refractivity (Wildman–Crippen MR) is 89.1 cm³/mol. The molecule has 3 N–H and O–H groups in total. The van der Waals surface area contributed by atoms with E-state index in [2.05, 4.69) is 31.3 Å². The lowest BCUT2D eigenvalue weighted by atomic mass is 9.94. The minimum atomic E-state index is 0.163. The Bertz CT molecular complexity index is 385. The van der Waals surface area contributed by atoms with Gasteiger partial charge in [-0.1, -0.05) is 50.1 Å². The van der Waals surface area contributed by atoms with E-state index in [0.717, 1.165) is 32.2 Å². The lowest BCUT2D eigenvalue weighted by Gasteiger charge is -2.17. The van der Waals surface area contributed by atoms with Crippen LogP contribution in [0.15, 0.2) is 30.3 Å². The Morgan fingerprint density at radius 1 is 1.19 bits per heavy atom. The summed E-state index contributed by atoms with van der Waals surface area (Å²) in [5, 5.41) is 3.10. The number of hydrogen-bond donors (Lipinski definition) is 2. The molecule has 0 fully saturated rings. The first kappa shape index (κ1) is 17.7. The highest BCUT2D eigenvalue weighted by atomic mass is 16.1. The second-order valence-electron chi connectivity index (χ2n) is 5.93. The van der Waals surface area contributed by atoms with Gasteiger partial charge in [0.15, 0.2) is 0 Å². The number of nitrogens with two attached hydrogens (primary N) is 1. The molecule has 0 heterocycles. The van der Waals surface area contributed by atoms with Crippen LogP contribution in [0.25, 0.3) is 0 Å². The Labute approximate surface area is 129 Å². The molecular formula is C18H30N2O. The van der Waals surface area contributed by atoms with Crippen LogP contribution in [0, 0.1) is 5.92 Å². The van der Waals surface area contributed by atoms with Crippen LogP contribution < -0.4 is 11.1 Å². The molecule has 1 aromatic carbocycles. The highest BCUT2D eigenvalue weighted by Gasteiger charge is 2.12. The maximum Gasteiger partial charge on any atom is 0.220 e. The molecule has 0 saturated heterocycles. The monoisotopic (exact) mass is 290 g/mol. The van der Waals surface area contributed by atoms with Crippen LogP contribution in [0.4, 0.5) is 0 Å². The second-order valence-corrected chi connectivity index (χ2v) is 5.93. The lowest BCUT2D eigenvalue weighted by molar-refractivity contribution is -0.122. The lowest BCUT2D eigenvalue weighted by Crippen LogP contribution is -2.34. The van der Waals surface area contributed by atoms with Crippen molar-refractivity contribution in [3.05, 3.63) is 35.9 Å². The van der Waals surface area contributed by atoms with Crippen molar-refractivity contribution in [2.75, 3.05) is 6.54 Å². The fourth-order valence-corrected chi connectivity index (χ4v) is 2.78. The molecule has 0 radical (unpaired) electrons. The molecule has 21 heavy (non-hydrogen) atoms. The zero-order chi connectivity index (χ0) is 15.5. The number of amides is 1. The Balaban J connectivity index is 2.28. The summed E-state index contributed by atoms with van der Waals surface area (Å²) in [4.78, 5) is 12.0. The van der Waals surface area contributed by atoms with Crippen LogP contribution in [-0.2, 0) is 11.2 Å². The van der Waals surface area contributed by atoms with Crippen molar-refractivity contribution in [1.82, 2.24) is 5.32 Å². The van der Waals surface area contributed by atoms with Gasteiger partial charge in [-0.25, -0.2) is 0 Å². The minimum Gasteiger partial charge on any atom is -0.353 e. The molecule has 3 heteroatoms. The zero-order valence-electron chi connectivity index (χ0n) is 13.5. The fourth-order valence-electron chi connectivity index (χ4n) is 2.78. The summed E-state index contributed by atoms with van der Waals surface area (Å²) in [5.41, 5.74) is 6.89. The van der Waals surface area contributed by atoms with E-state index in [9.17, 15) is 4.79 Å². The molecule has 0 aliphatic carbocycles. The van der Waals surface area contributed by atoms with Crippen molar-refractivity contribution >= 4 is 5.91 Å². The Morgan fingerprint density at radius 2 is 1.90 bits per heavy atom. The third kappa shape index (κ3) is 7.86. The van der Waals surface area contributed by atoms with Gasteiger partial charge in [-0.15, -0.1) is 0 Å². The van der Waals surface area contributed by atoms with Gasteiger partial charge in [0, 0.05) is 12.5 Å². The number of rotatable bonds is 10. The van der Waals surface area contributed by atoms with E-state index in [0.29, 0.717) is 12.3 Å². The molecule has 1 aromatic rings. The largest absolute Gasteiger partial charge is 0.353 e. The normalized spacial score (nSPS) is 13.7. The first-order valence-corrected chi connectivity index (χ1v) is 8.19. The first-order chi connectivity index (χ1) is 10.2. The van der Waals surface area contributed by atoms with E-state index in [1.54, 1.807) is 0 Å². The van der Waals surface area contributed by atoms with Gasteiger partial charge < -0.3 is 11.1 Å². The molecule has 0 saturated carbocycles. The summed E-state index contributed by atoms with van der Waals surface area (Å²) >= 11 is 0. The van der Waals surface area contributed by atoms with Crippen molar-refractivity contribution in [1.29, 1.82) is 0 Å². The number of benzene rings is 1. The molecule has 2 unspecified atom stereocenters.